The number of nitrogens with one attached hydrogen (secondary N) is 1. The van der Waals surface area contributed by atoms with Crippen molar-refractivity contribution >= 4 is 5.69 Å². The third-order valence-electron chi connectivity index (χ3n) is 3.75. The standard InChI is InChI=1S/C17H29FN2O/c1-6-7-19-14(5)15-11-16(18)13(4)10-17(15)20(8-9-21)12(2)3/h10-12,14,19,21H,6-9H2,1-5H3. The van der Waals surface area contributed by atoms with E-state index in [1.54, 1.807) is 13.0 Å². The van der Waals surface area contributed by atoms with E-state index >= 15 is 0 Å². The molecule has 4 heteroatoms. The summed E-state index contributed by atoms with van der Waals surface area (Å²) in [7, 11) is 0. The van der Waals surface area contributed by atoms with Crippen molar-refractivity contribution in [2.75, 3.05) is 24.6 Å². The summed E-state index contributed by atoms with van der Waals surface area (Å²) in [5.74, 6) is -0.174. The highest BCUT2D eigenvalue weighted by Gasteiger charge is 2.19. The fraction of sp³-hybridized carbons (Fsp3) is 0.647. The highest BCUT2D eigenvalue weighted by molar-refractivity contribution is 5.57. The fourth-order valence-corrected chi connectivity index (χ4v) is 2.51. The first kappa shape index (κ1) is 17.9. The van der Waals surface area contributed by atoms with Crippen molar-refractivity contribution in [2.45, 2.75) is 53.1 Å². The van der Waals surface area contributed by atoms with Crippen LogP contribution in [0, 0.1) is 12.7 Å². The van der Waals surface area contributed by atoms with Gasteiger partial charge < -0.3 is 15.3 Å². The molecule has 0 saturated carbocycles. The zero-order valence-corrected chi connectivity index (χ0v) is 13.9. The van der Waals surface area contributed by atoms with Gasteiger partial charge >= 0.3 is 0 Å². The second-order valence-electron chi connectivity index (χ2n) is 5.85. The average Bonchev–Trinajstić information content (AvgIpc) is 2.44. The summed E-state index contributed by atoms with van der Waals surface area (Å²) >= 11 is 0. The first-order valence-electron chi connectivity index (χ1n) is 7.83. The summed E-state index contributed by atoms with van der Waals surface area (Å²) in [5.41, 5.74) is 2.60. The van der Waals surface area contributed by atoms with Gasteiger partial charge in [0.15, 0.2) is 0 Å². The van der Waals surface area contributed by atoms with Gasteiger partial charge in [-0.1, -0.05) is 6.92 Å². The van der Waals surface area contributed by atoms with Crippen LogP contribution in [0.4, 0.5) is 10.1 Å². The predicted octanol–water partition coefficient (Wildman–Crippen LogP) is 3.40. The van der Waals surface area contributed by atoms with E-state index in [0.29, 0.717) is 12.1 Å². The number of anilines is 1. The highest BCUT2D eigenvalue weighted by Crippen LogP contribution is 2.30. The SMILES string of the molecule is CCCNC(C)c1cc(F)c(C)cc1N(CCO)C(C)C. The molecule has 0 amide bonds. The van der Waals surface area contributed by atoms with Crippen LogP contribution < -0.4 is 10.2 Å². The van der Waals surface area contributed by atoms with Crippen molar-refractivity contribution < 1.29 is 9.50 Å². The van der Waals surface area contributed by atoms with Gasteiger partial charge in [-0.2, -0.15) is 0 Å². The number of hydrogen-bond donors (Lipinski definition) is 2. The summed E-state index contributed by atoms with van der Waals surface area (Å²) in [6, 6.07) is 3.85. The number of halogens is 1. The number of aliphatic hydroxyl groups excluding tert-OH is 1. The number of benzene rings is 1. The maximum Gasteiger partial charge on any atom is 0.126 e. The van der Waals surface area contributed by atoms with Crippen LogP contribution in [0.1, 0.15) is 51.3 Å². The van der Waals surface area contributed by atoms with Gasteiger partial charge in [0.2, 0.25) is 0 Å². The van der Waals surface area contributed by atoms with E-state index in [1.807, 2.05) is 6.07 Å². The van der Waals surface area contributed by atoms with Crippen molar-refractivity contribution in [1.82, 2.24) is 5.32 Å². The van der Waals surface area contributed by atoms with Gasteiger partial charge in [0.25, 0.3) is 0 Å². The van der Waals surface area contributed by atoms with E-state index in [0.717, 1.165) is 24.2 Å². The van der Waals surface area contributed by atoms with E-state index in [1.165, 1.54) is 0 Å². The molecule has 1 aromatic carbocycles. The van der Waals surface area contributed by atoms with Crippen LogP contribution in [0.25, 0.3) is 0 Å². The normalized spacial score (nSPS) is 12.8. The zero-order chi connectivity index (χ0) is 16.0. The van der Waals surface area contributed by atoms with E-state index in [-0.39, 0.29) is 24.5 Å². The summed E-state index contributed by atoms with van der Waals surface area (Å²) in [4.78, 5) is 2.13. The Kier molecular flexibility index (Phi) is 7.12. The fourth-order valence-electron chi connectivity index (χ4n) is 2.51. The minimum atomic E-state index is -0.174. The van der Waals surface area contributed by atoms with Crippen molar-refractivity contribution in [3.8, 4) is 0 Å². The third-order valence-corrected chi connectivity index (χ3v) is 3.75. The van der Waals surface area contributed by atoms with Gasteiger partial charge in [0, 0.05) is 24.3 Å². The Bertz CT molecular complexity index is 449. The second kappa shape index (κ2) is 8.35. The molecule has 0 fully saturated rings. The lowest BCUT2D eigenvalue weighted by atomic mass is 10.0. The molecule has 0 saturated heterocycles. The number of aliphatic hydroxyl groups is 1. The molecular weight excluding hydrogens is 267 g/mol. The molecule has 21 heavy (non-hydrogen) atoms. The molecule has 0 spiro atoms. The molecule has 0 radical (unpaired) electrons. The van der Waals surface area contributed by atoms with Gasteiger partial charge in [0.1, 0.15) is 5.82 Å². The molecule has 1 rings (SSSR count). The van der Waals surface area contributed by atoms with Crippen LogP contribution in [0.3, 0.4) is 0 Å². The smallest absolute Gasteiger partial charge is 0.126 e. The lowest BCUT2D eigenvalue weighted by molar-refractivity contribution is 0.299. The Morgan fingerprint density at radius 2 is 1.95 bits per heavy atom. The Morgan fingerprint density at radius 1 is 1.29 bits per heavy atom. The first-order valence-corrected chi connectivity index (χ1v) is 7.83. The first-order chi connectivity index (χ1) is 9.92. The third kappa shape index (κ3) is 4.68. The monoisotopic (exact) mass is 296 g/mol. The van der Waals surface area contributed by atoms with Crippen molar-refractivity contribution in [2.24, 2.45) is 0 Å². The summed E-state index contributed by atoms with van der Waals surface area (Å²) in [6.45, 7) is 11.7. The Balaban J connectivity index is 3.23. The summed E-state index contributed by atoms with van der Waals surface area (Å²) < 4.78 is 14.0. The molecule has 1 atom stereocenters. The average molecular weight is 296 g/mol. The summed E-state index contributed by atoms with van der Waals surface area (Å²) in [6.07, 6.45) is 1.04. The van der Waals surface area contributed by atoms with Crippen LogP contribution in [0.15, 0.2) is 12.1 Å². The van der Waals surface area contributed by atoms with Gasteiger partial charge in [0.05, 0.1) is 6.61 Å². The van der Waals surface area contributed by atoms with E-state index < -0.39 is 0 Å². The van der Waals surface area contributed by atoms with Crippen LogP contribution in [-0.2, 0) is 0 Å². The van der Waals surface area contributed by atoms with E-state index in [2.05, 4.69) is 37.9 Å². The molecule has 0 aliphatic rings. The Hall–Kier alpha value is -1.13. The molecule has 0 aliphatic heterocycles. The van der Waals surface area contributed by atoms with Gasteiger partial charge in [-0.25, -0.2) is 4.39 Å². The molecule has 0 aliphatic carbocycles. The Morgan fingerprint density at radius 3 is 2.48 bits per heavy atom. The maximum atomic E-state index is 14.0. The molecule has 1 aromatic rings. The molecule has 0 bridgehead atoms. The lowest BCUT2D eigenvalue weighted by Gasteiger charge is -2.32. The molecule has 2 N–H and O–H groups in total. The topological polar surface area (TPSA) is 35.5 Å². The van der Waals surface area contributed by atoms with Crippen molar-refractivity contribution in [1.29, 1.82) is 0 Å². The van der Waals surface area contributed by atoms with E-state index in [4.69, 9.17) is 0 Å². The minimum absolute atomic E-state index is 0.0787. The second-order valence-corrected chi connectivity index (χ2v) is 5.85. The van der Waals surface area contributed by atoms with Crippen molar-refractivity contribution in [3.63, 3.8) is 0 Å². The van der Waals surface area contributed by atoms with Crippen LogP contribution in [-0.4, -0.2) is 30.8 Å². The van der Waals surface area contributed by atoms with Gasteiger partial charge in [-0.3, -0.25) is 0 Å². The zero-order valence-electron chi connectivity index (χ0n) is 13.9. The number of aryl methyl sites for hydroxylation is 1. The molecular formula is C17H29FN2O. The number of rotatable bonds is 8. The summed E-state index contributed by atoms with van der Waals surface area (Å²) in [5, 5.41) is 12.7. The minimum Gasteiger partial charge on any atom is -0.395 e. The van der Waals surface area contributed by atoms with Gasteiger partial charge in [-0.05, 0) is 63.9 Å². The predicted molar refractivity (Wildman–Crippen MR) is 87.4 cm³/mol. The molecule has 0 heterocycles. The van der Waals surface area contributed by atoms with Crippen LogP contribution >= 0.6 is 0 Å². The number of hydrogen-bond acceptors (Lipinski definition) is 3. The quantitative estimate of drug-likeness (QED) is 0.772. The molecule has 120 valence electrons. The number of nitrogens with zero attached hydrogens (tertiary/aromatic N) is 1. The van der Waals surface area contributed by atoms with E-state index in [9.17, 15) is 9.50 Å². The van der Waals surface area contributed by atoms with Crippen LogP contribution in [0.5, 0.6) is 0 Å². The molecule has 1 unspecified atom stereocenters. The van der Waals surface area contributed by atoms with Crippen LogP contribution in [0.2, 0.25) is 0 Å². The Labute approximate surface area is 128 Å². The van der Waals surface area contributed by atoms with Crippen molar-refractivity contribution in [3.05, 3.63) is 29.1 Å². The van der Waals surface area contributed by atoms with Gasteiger partial charge in [-0.15, -0.1) is 0 Å². The maximum absolute atomic E-state index is 14.0. The largest absolute Gasteiger partial charge is 0.395 e. The molecule has 3 nitrogen and oxygen atoms in total. The lowest BCUT2D eigenvalue weighted by Crippen LogP contribution is -2.35. The molecule has 0 aromatic heterocycles. The highest BCUT2D eigenvalue weighted by atomic mass is 19.1.